The van der Waals surface area contributed by atoms with Crippen molar-refractivity contribution in [3.63, 3.8) is 0 Å². The summed E-state index contributed by atoms with van der Waals surface area (Å²) in [5.41, 5.74) is 1.41. The minimum atomic E-state index is -0.991. The second-order valence-electron chi connectivity index (χ2n) is 5.28. The van der Waals surface area contributed by atoms with Gasteiger partial charge in [0.2, 0.25) is 5.95 Å². The van der Waals surface area contributed by atoms with Crippen LogP contribution in [0.5, 0.6) is 0 Å². The molecule has 1 aliphatic rings. The number of hydrogen-bond acceptors (Lipinski definition) is 5. The van der Waals surface area contributed by atoms with Crippen LogP contribution in [0.2, 0.25) is 0 Å². The zero-order valence-electron chi connectivity index (χ0n) is 12.0. The Bertz CT molecular complexity index is 752. The number of carboxylic acid groups (broad SMARTS) is 1. The maximum Gasteiger partial charge on any atom is 0.322 e. The predicted molar refractivity (Wildman–Crippen MR) is 87.5 cm³/mol. The van der Waals surface area contributed by atoms with Gasteiger partial charge >= 0.3 is 5.97 Å². The standard InChI is InChI=1S/C15H14BrFN4O2/c16-10-4-3-9(5-11(10)17)19-13-6-12(8-1-2-8)20-15(21-13)18-7-14(22)23/h3-6,8H,1-2,7H2,(H,22,23)(H2,18,19,20,21). The Kier molecular flexibility index (Phi) is 4.42. The van der Waals surface area contributed by atoms with E-state index in [1.165, 1.54) is 6.07 Å². The average molecular weight is 381 g/mol. The smallest absolute Gasteiger partial charge is 0.322 e. The van der Waals surface area contributed by atoms with Gasteiger partial charge in [-0.25, -0.2) is 9.37 Å². The zero-order valence-corrected chi connectivity index (χ0v) is 13.6. The Morgan fingerprint density at radius 2 is 2.13 bits per heavy atom. The fraction of sp³-hybridized carbons (Fsp3) is 0.267. The van der Waals surface area contributed by atoms with Crippen molar-refractivity contribution in [1.29, 1.82) is 0 Å². The summed E-state index contributed by atoms with van der Waals surface area (Å²) in [5.74, 6) is -0.246. The molecule has 8 heteroatoms. The van der Waals surface area contributed by atoms with Crippen molar-refractivity contribution in [2.75, 3.05) is 17.2 Å². The maximum absolute atomic E-state index is 13.6. The van der Waals surface area contributed by atoms with Crippen molar-refractivity contribution in [1.82, 2.24) is 9.97 Å². The Balaban J connectivity index is 1.84. The molecule has 1 aliphatic carbocycles. The first-order valence-corrected chi connectivity index (χ1v) is 7.87. The fourth-order valence-electron chi connectivity index (χ4n) is 2.07. The van der Waals surface area contributed by atoms with Crippen molar-refractivity contribution >= 4 is 39.4 Å². The lowest BCUT2D eigenvalue weighted by Crippen LogP contribution is -2.15. The summed E-state index contributed by atoms with van der Waals surface area (Å²) in [6.45, 7) is -0.263. The van der Waals surface area contributed by atoms with Gasteiger partial charge in [0.15, 0.2) is 0 Å². The molecule has 23 heavy (non-hydrogen) atoms. The molecule has 3 N–H and O–H groups in total. The number of hydrogen-bond donors (Lipinski definition) is 3. The minimum Gasteiger partial charge on any atom is -0.480 e. The average Bonchev–Trinajstić information content (AvgIpc) is 3.33. The van der Waals surface area contributed by atoms with Crippen LogP contribution in [0.4, 0.5) is 21.8 Å². The van der Waals surface area contributed by atoms with Crippen molar-refractivity contribution in [2.24, 2.45) is 0 Å². The number of aliphatic carboxylic acids is 1. The third-order valence-corrected chi connectivity index (χ3v) is 3.97. The van der Waals surface area contributed by atoms with Gasteiger partial charge in [-0.05, 0) is 47.0 Å². The highest BCUT2D eigenvalue weighted by molar-refractivity contribution is 9.10. The molecule has 0 radical (unpaired) electrons. The molecule has 0 aliphatic heterocycles. The van der Waals surface area contributed by atoms with Gasteiger partial charge in [0.25, 0.3) is 0 Å². The fourth-order valence-corrected chi connectivity index (χ4v) is 2.32. The summed E-state index contributed by atoms with van der Waals surface area (Å²) in [6, 6.07) is 6.48. The first-order chi connectivity index (χ1) is 11.0. The molecular weight excluding hydrogens is 367 g/mol. The molecule has 3 rings (SSSR count). The molecular formula is C15H14BrFN4O2. The lowest BCUT2D eigenvalue weighted by Gasteiger charge is -2.10. The Morgan fingerprint density at radius 3 is 2.78 bits per heavy atom. The van der Waals surface area contributed by atoms with E-state index in [0.717, 1.165) is 18.5 Å². The number of nitrogens with zero attached hydrogens (tertiary/aromatic N) is 2. The summed E-state index contributed by atoms with van der Waals surface area (Å²) < 4.78 is 14.0. The third kappa shape index (κ3) is 4.16. The highest BCUT2D eigenvalue weighted by Crippen LogP contribution is 2.40. The number of carboxylic acids is 1. The van der Waals surface area contributed by atoms with Crippen LogP contribution in [0, 0.1) is 5.82 Å². The van der Waals surface area contributed by atoms with Gasteiger partial charge in [-0.2, -0.15) is 4.98 Å². The van der Waals surface area contributed by atoms with Crippen LogP contribution in [0.15, 0.2) is 28.7 Å². The number of aromatic nitrogens is 2. The van der Waals surface area contributed by atoms with Crippen LogP contribution < -0.4 is 10.6 Å². The summed E-state index contributed by atoms with van der Waals surface area (Å²) in [6.07, 6.45) is 2.11. The van der Waals surface area contributed by atoms with Gasteiger partial charge in [-0.15, -0.1) is 0 Å². The molecule has 1 aromatic carbocycles. The molecule has 6 nitrogen and oxygen atoms in total. The number of halogens is 2. The van der Waals surface area contributed by atoms with Crippen LogP contribution in [0.25, 0.3) is 0 Å². The first kappa shape index (κ1) is 15.7. The molecule has 0 spiro atoms. The molecule has 2 aromatic rings. The first-order valence-electron chi connectivity index (χ1n) is 7.08. The minimum absolute atomic E-state index is 0.247. The topological polar surface area (TPSA) is 87.1 Å². The van der Waals surface area contributed by atoms with Crippen molar-refractivity contribution in [3.05, 3.63) is 40.2 Å². The van der Waals surface area contributed by atoms with Gasteiger partial charge in [-0.1, -0.05) is 0 Å². The predicted octanol–water partition coefficient (Wildman–Crippen LogP) is 3.50. The maximum atomic E-state index is 13.6. The summed E-state index contributed by atoms with van der Waals surface area (Å²) in [7, 11) is 0. The molecule has 0 unspecified atom stereocenters. The Hall–Kier alpha value is -2.22. The van der Waals surface area contributed by atoms with E-state index in [4.69, 9.17) is 5.11 Å². The highest BCUT2D eigenvalue weighted by atomic mass is 79.9. The summed E-state index contributed by atoms with van der Waals surface area (Å²) in [4.78, 5) is 19.2. The van der Waals surface area contributed by atoms with Crippen molar-refractivity contribution < 1.29 is 14.3 Å². The highest BCUT2D eigenvalue weighted by Gasteiger charge is 2.26. The molecule has 120 valence electrons. The quantitative estimate of drug-likeness (QED) is 0.710. The molecule has 1 fully saturated rings. The molecule has 0 amide bonds. The second kappa shape index (κ2) is 6.49. The Morgan fingerprint density at radius 1 is 1.35 bits per heavy atom. The van der Waals surface area contributed by atoms with Crippen LogP contribution in [-0.2, 0) is 4.79 Å². The van der Waals surface area contributed by atoms with E-state index in [2.05, 4.69) is 36.5 Å². The van der Waals surface area contributed by atoms with Gasteiger partial charge in [-0.3, -0.25) is 4.79 Å². The molecule has 1 aromatic heterocycles. The van der Waals surface area contributed by atoms with E-state index in [1.807, 2.05) is 6.07 Å². The molecule has 0 atom stereocenters. The van der Waals surface area contributed by atoms with E-state index in [1.54, 1.807) is 12.1 Å². The molecule has 1 saturated carbocycles. The molecule has 0 saturated heterocycles. The lowest BCUT2D eigenvalue weighted by molar-refractivity contribution is -0.134. The van der Waals surface area contributed by atoms with E-state index >= 15 is 0 Å². The molecule has 1 heterocycles. The van der Waals surface area contributed by atoms with Crippen LogP contribution in [0.1, 0.15) is 24.5 Å². The number of carbonyl (C=O) groups is 1. The van der Waals surface area contributed by atoms with Gasteiger partial charge in [0, 0.05) is 17.7 Å². The number of rotatable bonds is 6. The summed E-state index contributed by atoms with van der Waals surface area (Å²) in [5, 5.41) is 14.4. The van der Waals surface area contributed by atoms with Crippen molar-refractivity contribution in [3.8, 4) is 0 Å². The van der Waals surface area contributed by atoms with E-state index in [-0.39, 0.29) is 18.3 Å². The second-order valence-corrected chi connectivity index (χ2v) is 6.13. The SMILES string of the molecule is O=C(O)CNc1nc(Nc2ccc(Br)c(F)c2)cc(C2CC2)n1. The normalized spacial score (nSPS) is 13.7. The van der Waals surface area contributed by atoms with E-state index in [0.29, 0.717) is 21.9 Å². The van der Waals surface area contributed by atoms with E-state index in [9.17, 15) is 9.18 Å². The molecule has 0 bridgehead atoms. The van der Waals surface area contributed by atoms with Crippen LogP contribution in [0.3, 0.4) is 0 Å². The third-order valence-electron chi connectivity index (χ3n) is 3.33. The largest absolute Gasteiger partial charge is 0.480 e. The number of nitrogens with one attached hydrogen (secondary N) is 2. The summed E-state index contributed by atoms with van der Waals surface area (Å²) >= 11 is 3.11. The lowest BCUT2D eigenvalue weighted by atomic mass is 10.2. The van der Waals surface area contributed by atoms with Crippen molar-refractivity contribution in [2.45, 2.75) is 18.8 Å². The van der Waals surface area contributed by atoms with Gasteiger partial charge in [0.1, 0.15) is 18.2 Å². The monoisotopic (exact) mass is 380 g/mol. The number of benzene rings is 1. The van der Waals surface area contributed by atoms with Crippen LogP contribution >= 0.6 is 15.9 Å². The van der Waals surface area contributed by atoms with Gasteiger partial charge in [0.05, 0.1) is 10.2 Å². The zero-order chi connectivity index (χ0) is 16.4. The van der Waals surface area contributed by atoms with E-state index < -0.39 is 5.97 Å². The number of anilines is 3. The van der Waals surface area contributed by atoms with Gasteiger partial charge < -0.3 is 15.7 Å². The van der Waals surface area contributed by atoms with Crippen LogP contribution in [-0.4, -0.2) is 27.6 Å². The Labute approximate surface area is 140 Å².